The van der Waals surface area contributed by atoms with E-state index in [1.807, 2.05) is 38.1 Å². The highest BCUT2D eigenvalue weighted by atomic mass is 16.5. The molecule has 2 N–H and O–H groups in total. The van der Waals surface area contributed by atoms with Crippen LogP contribution >= 0.6 is 0 Å². The Kier molecular flexibility index (Phi) is 5.32. The number of hydrogen-bond donors (Lipinski definition) is 2. The molecule has 5 heteroatoms. The standard InChI is InChI=1S/C18H25N3O2/c1-12(2)20-18(22)19-11-15-10-13(3)21(14(15)4)16-8-6-7-9-17(16)23-5/h6-10,12H,11H2,1-5H3,(H2,19,20,22). The van der Waals surface area contributed by atoms with Crippen molar-refractivity contribution in [2.24, 2.45) is 0 Å². The molecule has 1 aromatic heterocycles. The number of hydrogen-bond acceptors (Lipinski definition) is 2. The monoisotopic (exact) mass is 315 g/mol. The van der Waals surface area contributed by atoms with Gasteiger partial charge < -0.3 is 19.9 Å². The van der Waals surface area contributed by atoms with Crippen molar-refractivity contribution in [3.8, 4) is 11.4 Å². The van der Waals surface area contributed by atoms with E-state index < -0.39 is 0 Å². The summed E-state index contributed by atoms with van der Waals surface area (Å²) in [5.41, 5.74) is 4.29. The number of urea groups is 1. The van der Waals surface area contributed by atoms with E-state index in [0.717, 1.165) is 28.4 Å². The zero-order valence-electron chi connectivity index (χ0n) is 14.4. The lowest BCUT2D eigenvalue weighted by Gasteiger charge is -2.14. The maximum absolute atomic E-state index is 11.8. The van der Waals surface area contributed by atoms with Gasteiger partial charge in [0.05, 0.1) is 12.8 Å². The largest absolute Gasteiger partial charge is 0.495 e. The number of benzene rings is 1. The third-order valence-corrected chi connectivity index (χ3v) is 3.72. The van der Waals surface area contributed by atoms with Gasteiger partial charge in [-0.05, 0) is 51.5 Å². The molecule has 0 unspecified atom stereocenters. The summed E-state index contributed by atoms with van der Waals surface area (Å²) in [6.07, 6.45) is 0. The Balaban J connectivity index is 2.24. The Bertz CT molecular complexity index is 690. The minimum absolute atomic E-state index is 0.121. The number of methoxy groups -OCH3 is 1. The summed E-state index contributed by atoms with van der Waals surface area (Å²) in [6, 6.07) is 9.99. The molecule has 2 amide bonds. The van der Waals surface area contributed by atoms with E-state index in [9.17, 15) is 4.79 Å². The molecule has 0 radical (unpaired) electrons. The Morgan fingerprint density at radius 1 is 1.26 bits per heavy atom. The third-order valence-electron chi connectivity index (χ3n) is 3.72. The molecule has 1 heterocycles. The van der Waals surface area contributed by atoms with E-state index in [4.69, 9.17) is 4.74 Å². The van der Waals surface area contributed by atoms with Gasteiger partial charge in [-0.25, -0.2) is 4.79 Å². The van der Waals surface area contributed by atoms with Crippen LogP contribution in [-0.2, 0) is 6.54 Å². The van der Waals surface area contributed by atoms with Crippen molar-refractivity contribution in [1.82, 2.24) is 15.2 Å². The normalized spacial score (nSPS) is 10.7. The highest BCUT2D eigenvalue weighted by Gasteiger charge is 2.14. The lowest BCUT2D eigenvalue weighted by atomic mass is 10.2. The van der Waals surface area contributed by atoms with Gasteiger partial charge in [-0.3, -0.25) is 0 Å². The summed E-state index contributed by atoms with van der Waals surface area (Å²) < 4.78 is 7.61. The number of amides is 2. The van der Waals surface area contributed by atoms with Crippen molar-refractivity contribution < 1.29 is 9.53 Å². The number of nitrogens with zero attached hydrogens (tertiary/aromatic N) is 1. The van der Waals surface area contributed by atoms with Crippen LogP contribution in [0.1, 0.15) is 30.8 Å². The van der Waals surface area contributed by atoms with E-state index in [2.05, 4.69) is 35.1 Å². The van der Waals surface area contributed by atoms with Gasteiger partial charge in [0.1, 0.15) is 5.75 Å². The van der Waals surface area contributed by atoms with Gasteiger partial charge >= 0.3 is 6.03 Å². The highest BCUT2D eigenvalue weighted by Crippen LogP contribution is 2.27. The molecule has 0 saturated heterocycles. The predicted octanol–water partition coefficient (Wildman–Crippen LogP) is 3.31. The van der Waals surface area contributed by atoms with Crippen LogP contribution in [0.4, 0.5) is 4.79 Å². The Labute approximate surface area is 137 Å². The second-order valence-corrected chi connectivity index (χ2v) is 5.89. The molecule has 5 nitrogen and oxygen atoms in total. The summed E-state index contributed by atoms with van der Waals surface area (Å²) in [6.45, 7) is 8.47. The molecule has 124 valence electrons. The molecular weight excluding hydrogens is 290 g/mol. The highest BCUT2D eigenvalue weighted by molar-refractivity contribution is 5.74. The number of aryl methyl sites for hydroxylation is 1. The zero-order valence-corrected chi connectivity index (χ0v) is 14.4. The van der Waals surface area contributed by atoms with Gasteiger partial charge in [-0.1, -0.05) is 12.1 Å². The lowest BCUT2D eigenvalue weighted by molar-refractivity contribution is 0.238. The summed E-state index contributed by atoms with van der Waals surface area (Å²) >= 11 is 0. The minimum atomic E-state index is -0.151. The molecule has 0 saturated carbocycles. The molecule has 0 aliphatic carbocycles. The molecule has 2 rings (SSSR count). The van der Waals surface area contributed by atoms with E-state index in [0.29, 0.717) is 6.54 Å². The van der Waals surface area contributed by atoms with E-state index >= 15 is 0 Å². The van der Waals surface area contributed by atoms with Crippen molar-refractivity contribution >= 4 is 6.03 Å². The fourth-order valence-electron chi connectivity index (χ4n) is 2.68. The molecule has 0 bridgehead atoms. The molecule has 23 heavy (non-hydrogen) atoms. The van der Waals surface area contributed by atoms with Crippen LogP contribution in [0.3, 0.4) is 0 Å². The number of rotatable bonds is 5. The van der Waals surface area contributed by atoms with Gasteiger partial charge in [-0.15, -0.1) is 0 Å². The summed E-state index contributed by atoms with van der Waals surface area (Å²) in [5, 5.41) is 5.72. The number of nitrogens with one attached hydrogen (secondary N) is 2. The summed E-state index contributed by atoms with van der Waals surface area (Å²) in [7, 11) is 1.67. The fraction of sp³-hybridized carbons (Fsp3) is 0.389. The van der Waals surface area contributed by atoms with Crippen LogP contribution in [-0.4, -0.2) is 23.7 Å². The molecule has 0 spiro atoms. The Hall–Kier alpha value is -2.43. The lowest BCUT2D eigenvalue weighted by Crippen LogP contribution is -2.39. The topological polar surface area (TPSA) is 55.3 Å². The first kappa shape index (κ1) is 16.9. The van der Waals surface area contributed by atoms with Crippen molar-refractivity contribution in [1.29, 1.82) is 0 Å². The molecule has 1 aromatic carbocycles. The number of carbonyl (C=O) groups excluding carboxylic acids is 1. The summed E-state index contributed by atoms with van der Waals surface area (Å²) in [5.74, 6) is 0.825. The smallest absolute Gasteiger partial charge is 0.315 e. The van der Waals surface area contributed by atoms with Crippen molar-refractivity contribution in [2.75, 3.05) is 7.11 Å². The predicted molar refractivity (Wildman–Crippen MR) is 92.3 cm³/mol. The Morgan fingerprint density at radius 2 is 1.96 bits per heavy atom. The average Bonchev–Trinajstić information content (AvgIpc) is 2.78. The molecule has 2 aromatic rings. The number of para-hydroxylation sites is 2. The molecule has 0 atom stereocenters. The van der Waals surface area contributed by atoms with Crippen molar-refractivity contribution in [3.05, 3.63) is 47.3 Å². The second kappa shape index (κ2) is 7.22. The minimum Gasteiger partial charge on any atom is -0.495 e. The number of ether oxygens (including phenoxy) is 1. The van der Waals surface area contributed by atoms with Crippen LogP contribution < -0.4 is 15.4 Å². The number of carbonyl (C=O) groups is 1. The van der Waals surface area contributed by atoms with E-state index in [1.54, 1.807) is 7.11 Å². The van der Waals surface area contributed by atoms with Crippen molar-refractivity contribution in [2.45, 2.75) is 40.3 Å². The maximum Gasteiger partial charge on any atom is 0.315 e. The maximum atomic E-state index is 11.8. The molecular formula is C18H25N3O2. The van der Waals surface area contributed by atoms with Gasteiger partial charge in [0, 0.05) is 24.0 Å². The van der Waals surface area contributed by atoms with Gasteiger partial charge in [0.15, 0.2) is 0 Å². The first-order chi connectivity index (χ1) is 10.9. The SMILES string of the molecule is COc1ccccc1-n1c(C)cc(CNC(=O)NC(C)C)c1C. The van der Waals surface area contributed by atoms with E-state index in [1.165, 1.54) is 0 Å². The van der Waals surface area contributed by atoms with Crippen molar-refractivity contribution in [3.63, 3.8) is 0 Å². The third kappa shape index (κ3) is 3.86. The number of aromatic nitrogens is 1. The molecule has 0 aliphatic rings. The first-order valence-corrected chi connectivity index (χ1v) is 7.79. The zero-order chi connectivity index (χ0) is 17.0. The first-order valence-electron chi connectivity index (χ1n) is 7.79. The fourth-order valence-corrected chi connectivity index (χ4v) is 2.68. The second-order valence-electron chi connectivity index (χ2n) is 5.89. The van der Waals surface area contributed by atoms with Crippen LogP contribution in [0.2, 0.25) is 0 Å². The Morgan fingerprint density at radius 3 is 2.61 bits per heavy atom. The van der Waals surface area contributed by atoms with Gasteiger partial charge in [0.25, 0.3) is 0 Å². The average molecular weight is 315 g/mol. The molecule has 0 aliphatic heterocycles. The van der Waals surface area contributed by atoms with Gasteiger partial charge in [0.2, 0.25) is 0 Å². The van der Waals surface area contributed by atoms with Crippen LogP contribution in [0.5, 0.6) is 5.75 Å². The summed E-state index contributed by atoms with van der Waals surface area (Å²) in [4.78, 5) is 11.8. The van der Waals surface area contributed by atoms with Gasteiger partial charge in [-0.2, -0.15) is 0 Å². The quantitative estimate of drug-likeness (QED) is 0.889. The molecule has 0 fully saturated rings. The van der Waals surface area contributed by atoms with Crippen LogP contribution in [0.25, 0.3) is 5.69 Å². The van der Waals surface area contributed by atoms with E-state index in [-0.39, 0.29) is 12.1 Å². The van der Waals surface area contributed by atoms with Crippen LogP contribution in [0.15, 0.2) is 30.3 Å². The van der Waals surface area contributed by atoms with Crippen LogP contribution in [0, 0.1) is 13.8 Å².